The molecule has 2 unspecified atom stereocenters. The molecular formula is C14H26N2O. The molecule has 1 saturated heterocycles. The van der Waals surface area contributed by atoms with Crippen molar-refractivity contribution in [3.8, 4) is 0 Å². The predicted octanol–water partition coefficient (Wildman–Crippen LogP) is 2.07. The minimum absolute atomic E-state index is 0.0726. The maximum Gasteiger partial charge on any atom is 0.226 e. The summed E-state index contributed by atoms with van der Waals surface area (Å²) in [7, 11) is 0. The Kier molecular flexibility index (Phi) is 3.48. The molecule has 0 bridgehead atoms. The van der Waals surface area contributed by atoms with Crippen LogP contribution in [0.3, 0.4) is 0 Å². The topological polar surface area (TPSA) is 41.1 Å². The van der Waals surface area contributed by atoms with Gasteiger partial charge in [0.05, 0.1) is 5.41 Å². The van der Waals surface area contributed by atoms with Crippen LogP contribution in [0.15, 0.2) is 0 Å². The van der Waals surface area contributed by atoms with Crippen molar-refractivity contribution in [2.75, 3.05) is 13.1 Å². The Morgan fingerprint density at radius 2 is 2.06 bits per heavy atom. The molecule has 2 rings (SSSR count). The Morgan fingerprint density at radius 3 is 2.76 bits per heavy atom. The van der Waals surface area contributed by atoms with E-state index in [-0.39, 0.29) is 11.0 Å². The van der Waals surface area contributed by atoms with E-state index >= 15 is 0 Å². The predicted molar refractivity (Wildman–Crippen MR) is 69.8 cm³/mol. The van der Waals surface area contributed by atoms with Crippen molar-refractivity contribution >= 4 is 5.91 Å². The van der Waals surface area contributed by atoms with E-state index in [1.807, 2.05) is 0 Å². The molecule has 1 saturated carbocycles. The monoisotopic (exact) mass is 238 g/mol. The Labute approximate surface area is 105 Å². The highest BCUT2D eigenvalue weighted by atomic mass is 16.2. The SMILES string of the molecule is CC(C)(C)NC(=O)C12CCCCC1CNCC2. The molecule has 0 spiro atoms. The van der Waals surface area contributed by atoms with Gasteiger partial charge < -0.3 is 10.6 Å². The summed E-state index contributed by atoms with van der Waals surface area (Å²) >= 11 is 0. The molecule has 17 heavy (non-hydrogen) atoms. The van der Waals surface area contributed by atoms with E-state index in [1.165, 1.54) is 19.3 Å². The van der Waals surface area contributed by atoms with E-state index in [0.29, 0.717) is 11.8 Å². The molecule has 0 aromatic carbocycles. The first kappa shape index (κ1) is 12.9. The summed E-state index contributed by atoms with van der Waals surface area (Å²) in [6.45, 7) is 8.23. The van der Waals surface area contributed by atoms with E-state index in [4.69, 9.17) is 0 Å². The molecule has 0 radical (unpaired) electrons. The van der Waals surface area contributed by atoms with Crippen LogP contribution in [0.25, 0.3) is 0 Å². The maximum absolute atomic E-state index is 12.6. The summed E-state index contributed by atoms with van der Waals surface area (Å²) < 4.78 is 0. The molecule has 3 heteroatoms. The zero-order chi connectivity index (χ0) is 12.5. The number of rotatable bonds is 1. The van der Waals surface area contributed by atoms with Crippen molar-refractivity contribution in [1.29, 1.82) is 0 Å². The zero-order valence-electron chi connectivity index (χ0n) is 11.4. The van der Waals surface area contributed by atoms with E-state index in [0.717, 1.165) is 25.9 Å². The van der Waals surface area contributed by atoms with Crippen LogP contribution in [-0.4, -0.2) is 24.5 Å². The van der Waals surface area contributed by atoms with Crippen molar-refractivity contribution in [3.63, 3.8) is 0 Å². The Morgan fingerprint density at radius 1 is 1.29 bits per heavy atom. The van der Waals surface area contributed by atoms with Gasteiger partial charge in [0, 0.05) is 5.54 Å². The van der Waals surface area contributed by atoms with Gasteiger partial charge in [0.1, 0.15) is 0 Å². The van der Waals surface area contributed by atoms with Gasteiger partial charge in [-0.25, -0.2) is 0 Å². The first-order chi connectivity index (χ1) is 7.94. The highest BCUT2D eigenvalue weighted by Gasteiger charge is 2.48. The lowest BCUT2D eigenvalue weighted by atomic mass is 9.62. The van der Waals surface area contributed by atoms with Crippen molar-refractivity contribution in [3.05, 3.63) is 0 Å². The number of piperidine rings is 1. The molecule has 2 aliphatic rings. The molecular weight excluding hydrogens is 212 g/mol. The number of amides is 1. The van der Waals surface area contributed by atoms with Crippen molar-refractivity contribution < 1.29 is 4.79 Å². The highest BCUT2D eigenvalue weighted by Crippen LogP contribution is 2.45. The van der Waals surface area contributed by atoms with Crippen LogP contribution in [0.5, 0.6) is 0 Å². The van der Waals surface area contributed by atoms with Gasteiger partial charge in [-0.2, -0.15) is 0 Å². The zero-order valence-corrected chi connectivity index (χ0v) is 11.4. The lowest BCUT2D eigenvalue weighted by Crippen LogP contribution is -2.57. The van der Waals surface area contributed by atoms with Crippen molar-refractivity contribution in [2.24, 2.45) is 11.3 Å². The highest BCUT2D eigenvalue weighted by molar-refractivity contribution is 5.84. The average Bonchev–Trinajstić information content (AvgIpc) is 2.26. The minimum Gasteiger partial charge on any atom is -0.351 e. The molecule has 1 heterocycles. The molecule has 0 aromatic heterocycles. The Balaban J connectivity index is 2.15. The molecule has 2 N–H and O–H groups in total. The van der Waals surface area contributed by atoms with E-state index < -0.39 is 0 Å². The van der Waals surface area contributed by atoms with Crippen LogP contribution in [0.1, 0.15) is 52.9 Å². The second-order valence-corrected chi connectivity index (χ2v) is 6.76. The second-order valence-electron chi connectivity index (χ2n) is 6.76. The minimum atomic E-state index is -0.112. The normalized spacial score (nSPS) is 33.9. The largest absolute Gasteiger partial charge is 0.351 e. The third-order valence-electron chi connectivity index (χ3n) is 4.29. The summed E-state index contributed by atoms with van der Waals surface area (Å²) in [5.74, 6) is 0.851. The molecule has 3 nitrogen and oxygen atoms in total. The molecule has 1 amide bonds. The molecule has 0 aromatic rings. The lowest BCUT2D eigenvalue weighted by molar-refractivity contribution is -0.140. The standard InChI is InChI=1S/C14H26N2O/c1-13(2,3)16-12(17)14-7-5-4-6-11(14)10-15-9-8-14/h11,15H,4-10H2,1-3H3,(H,16,17). The van der Waals surface area contributed by atoms with Crippen molar-refractivity contribution in [1.82, 2.24) is 10.6 Å². The molecule has 2 fully saturated rings. The fourth-order valence-corrected chi connectivity index (χ4v) is 3.40. The van der Waals surface area contributed by atoms with Crippen LogP contribution >= 0.6 is 0 Å². The quantitative estimate of drug-likeness (QED) is 0.734. The van der Waals surface area contributed by atoms with E-state index in [1.54, 1.807) is 0 Å². The van der Waals surface area contributed by atoms with Gasteiger partial charge in [0.2, 0.25) is 5.91 Å². The summed E-state index contributed by atoms with van der Waals surface area (Å²) in [6.07, 6.45) is 5.82. The average molecular weight is 238 g/mol. The number of nitrogens with one attached hydrogen (secondary N) is 2. The molecule has 2 atom stereocenters. The fourth-order valence-electron chi connectivity index (χ4n) is 3.40. The number of fused-ring (bicyclic) bond motifs is 1. The Bertz CT molecular complexity index is 281. The van der Waals surface area contributed by atoms with E-state index in [9.17, 15) is 4.79 Å². The maximum atomic E-state index is 12.6. The number of hydrogen-bond donors (Lipinski definition) is 2. The number of hydrogen-bond acceptors (Lipinski definition) is 2. The molecule has 1 aliphatic carbocycles. The van der Waals surface area contributed by atoms with Gasteiger partial charge in [-0.1, -0.05) is 12.8 Å². The van der Waals surface area contributed by atoms with Gasteiger partial charge in [0.15, 0.2) is 0 Å². The Hall–Kier alpha value is -0.570. The van der Waals surface area contributed by atoms with Gasteiger partial charge in [-0.15, -0.1) is 0 Å². The summed E-state index contributed by atoms with van der Waals surface area (Å²) in [5.41, 5.74) is -0.185. The van der Waals surface area contributed by atoms with Gasteiger partial charge in [0.25, 0.3) is 0 Å². The van der Waals surface area contributed by atoms with Gasteiger partial charge in [-0.05, 0) is 59.0 Å². The smallest absolute Gasteiger partial charge is 0.226 e. The van der Waals surface area contributed by atoms with Crippen LogP contribution < -0.4 is 10.6 Å². The number of carbonyl (C=O) groups is 1. The first-order valence-electron chi connectivity index (χ1n) is 6.97. The first-order valence-corrected chi connectivity index (χ1v) is 6.97. The summed E-state index contributed by atoms with van der Waals surface area (Å²) in [6, 6.07) is 0. The molecule has 98 valence electrons. The van der Waals surface area contributed by atoms with E-state index in [2.05, 4.69) is 31.4 Å². The third kappa shape index (κ3) is 2.65. The molecule has 1 aliphatic heterocycles. The van der Waals surface area contributed by atoms with Crippen LogP contribution in [0, 0.1) is 11.3 Å². The lowest BCUT2D eigenvalue weighted by Gasteiger charge is -2.47. The van der Waals surface area contributed by atoms with Crippen LogP contribution in [0.2, 0.25) is 0 Å². The third-order valence-corrected chi connectivity index (χ3v) is 4.29. The summed E-state index contributed by atoms with van der Waals surface area (Å²) in [5, 5.41) is 6.66. The van der Waals surface area contributed by atoms with Crippen LogP contribution in [-0.2, 0) is 4.79 Å². The van der Waals surface area contributed by atoms with Gasteiger partial charge >= 0.3 is 0 Å². The summed E-state index contributed by atoms with van der Waals surface area (Å²) in [4.78, 5) is 12.6. The fraction of sp³-hybridized carbons (Fsp3) is 0.929. The number of carbonyl (C=O) groups excluding carboxylic acids is 1. The van der Waals surface area contributed by atoms with Crippen molar-refractivity contribution in [2.45, 2.75) is 58.4 Å². The van der Waals surface area contributed by atoms with Crippen LogP contribution in [0.4, 0.5) is 0 Å². The second kappa shape index (κ2) is 4.60. The van der Waals surface area contributed by atoms with Gasteiger partial charge in [-0.3, -0.25) is 4.79 Å².